The molecule has 82 valence electrons. The van der Waals surface area contributed by atoms with Crippen molar-refractivity contribution in [3.63, 3.8) is 0 Å². The van der Waals surface area contributed by atoms with Crippen molar-refractivity contribution in [2.75, 3.05) is 0 Å². The Bertz CT molecular complexity index is 568. The molecule has 0 radical (unpaired) electrons. The second-order valence-corrected chi connectivity index (χ2v) is 4.09. The number of rotatable bonds is 1. The van der Waals surface area contributed by atoms with E-state index in [1.807, 2.05) is 6.07 Å². The summed E-state index contributed by atoms with van der Waals surface area (Å²) in [6.07, 6.45) is 2.97. The molecule has 2 nitrogen and oxygen atoms in total. The molecule has 0 bridgehead atoms. The highest BCUT2D eigenvalue weighted by Gasteiger charge is 2.17. The zero-order chi connectivity index (χ0) is 11.1. The monoisotopic (exact) mass is 218 g/mol. The van der Waals surface area contributed by atoms with Crippen molar-refractivity contribution in [3.8, 4) is 0 Å². The molecule has 0 amide bonds. The first-order valence-electron chi connectivity index (χ1n) is 5.30. The van der Waals surface area contributed by atoms with Gasteiger partial charge >= 0.3 is 0 Å². The van der Waals surface area contributed by atoms with Gasteiger partial charge in [-0.3, -0.25) is 0 Å². The number of benzene rings is 1. The highest BCUT2D eigenvalue weighted by molar-refractivity contribution is 5.82. The van der Waals surface area contributed by atoms with Gasteiger partial charge in [0.1, 0.15) is 17.2 Å². The van der Waals surface area contributed by atoms with Gasteiger partial charge in [-0.25, -0.2) is 4.39 Å². The minimum atomic E-state index is -0.375. The molecule has 1 atom stereocenters. The minimum Gasteiger partial charge on any atom is -0.456 e. The fourth-order valence-corrected chi connectivity index (χ4v) is 2.08. The lowest BCUT2D eigenvalue weighted by Crippen LogP contribution is -1.93. The fourth-order valence-electron chi connectivity index (χ4n) is 2.08. The van der Waals surface area contributed by atoms with Crippen molar-refractivity contribution in [2.24, 2.45) is 0 Å². The van der Waals surface area contributed by atoms with Gasteiger partial charge in [0.05, 0.1) is 6.10 Å². The highest BCUT2D eigenvalue weighted by Crippen LogP contribution is 2.32. The van der Waals surface area contributed by atoms with Crippen molar-refractivity contribution in [1.82, 2.24) is 0 Å². The third-order valence-electron chi connectivity index (χ3n) is 2.90. The Morgan fingerprint density at radius 2 is 2.19 bits per heavy atom. The third kappa shape index (κ3) is 1.53. The number of aliphatic hydroxyl groups excluding tert-OH is 1. The summed E-state index contributed by atoms with van der Waals surface area (Å²) in [4.78, 5) is 0. The Hall–Kier alpha value is -1.61. The Balaban J connectivity index is 2.09. The summed E-state index contributed by atoms with van der Waals surface area (Å²) in [6, 6.07) is 6.28. The first kappa shape index (κ1) is 9.60. The minimum absolute atomic E-state index is 0.264. The van der Waals surface area contributed by atoms with Crippen LogP contribution in [-0.2, 0) is 0 Å². The number of halogens is 1. The van der Waals surface area contributed by atoms with Crippen LogP contribution in [0.5, 0.6) is 0 Å². The number of aliphatic hydroxyl groups is 1. The SMILES string of the molecule is OC1C=C(c2cc3cc(F)ccc3o2)CC1. The van der Waals surface area contributed by atoms with E-state index in [1.54, 1.807) is 12.1 Å². The van der Waals surface area contributed by atoms with Crippen molar-refractivity contribution < 1.29 is 13.9 Å². The molecule has 16 heavy (non-hydrogen) atoms. The van der Waals surface area contributed by atoms with E-state index in [4.69, 9.17) is 4.42 Å². The molecule has 3 rings (SSSR count). The smallest absolute Gasteiger partial charge is 0.135 e. The molecule has 0 fully saturated rings. The van der Waals surface area contributed by atoms with Crippen molar-refractivity contribution >= 4 is 16.5 Å². The average Bonchev–Trinajstić information content (AvgIpc) is 2.83. The number of hydrogen-bond donors (Lipinski definition) is 1. The number of hydrogen-bond acceptors (Lipinski definition) is 2. The molecule has 2 aromatic rings. The highest BCUT2D eigenvalue weighted by atomic mass is 19.1. The van der Waals surface area contributed by atoms with E-state index in [0.717, 1.165) is 29.6 Å². The summed E-state index contributed by atoms with van der Waals surface area (Å²) < 4.78 is 18.6. The molecular formula is C13H11FO2. The van der Waals surface area contributed by atoms with Crippen LogP contribution in [0.25, 0.3) is 16.5 Å². The van der Waals surface area contributed by atoms with Crippen LogP contribution in [0.1, 0.15) is 18.6 Å². The summed E-state index contributed by atoms with van der Waals surface area (Å²) in [7, 11) is 0. The molecule has 0 saturated heterocycles. The van der Waals surface area contributed by atoms with E-state index in [2.05, 4.69) is 0 Å². The first-order chi connectivity index (χ1) is 7.72. The van der Waals surface area contributed by atoms with E-state index in [9.17, 15) is 9.50 Å². The molecule has 1 aromatic heterocycles. The predicted octanol–water partition coefficient (Wildman–Crippen LogP) is 3.11. The van der Waals surface area contributed by atoms with Gasteiger partial charge in [0, 0.05) is 5.39 Å². The van der Waals surface area contributed by atoms with Gasteiger partial charge in [-0.15, -0.1) is 0 Å². The topological polar surface area (TPSA) is 33.4 Å². The van der Waals surface area contributed by atoms with Crippen molar-refractivity contribution in [2.45, 2.75) is 18.9 Å². The van der Waals surface area contributed by atoms with Crippen LogP contribution >= 0.6 is 0 Å². The van der Waals surface area contributed by atoms with Crippen molar-refractivity contribution in [1.29, 1.82) is 0 Å². The standard InChI is InChI=1S/C13H11FO2/c14-10-2-4-12-9(5-10)7-13(16-12)8-1-3-11(15)6-8/h2,4-7,11,15H,1,3H2. The third-order valence-corrected chi connectivity index (χ3v) is 2.90. The van der Waals surface area contributed by atoms with Gasteiger partial charge in [-0.05, 0) is 48.8 Å². The van der Waals surface area contributed by atoms with Crippen LogP contribution in [0.2, 0.25) is 0 Å². The molecule has 1 N–H and O–H groups in total. The number of fused-ring (bicyclic) bond motifs is 1. The summed E-state index contributed by atoms with van der Waals surface area (Å²) >= 11 is 0. The summed E-state index contributed by atoms with van der Waals surface area (Å²) in [5.74, 6) is 0.470. The summed E-state index contributed by atoms with van der Waals surface area (Å²) in [6.45, 7) is 0. The molecule has 0 saturated carbocycles. The zero-order valence-corrected chi connectivity index (χ0v) is 8.61. The molecule has 3 heteroatoms. The van der Waals surface area contributed by atoms with Crippen molar-refractivity contribution in [3.05, 3.63) is 41.9 Å². The second-order valence-electron chi connectivity index (χ2n) is 4.09. The Labute approximate surface area is 92.0 Å². The molecule has 1 heterocycles. The van der Waals surface area contributed by atoms with E-state index < -0.39 is 0 Å². The maximum atomic E-state index is 13.0. The van der Waals surface area contributed by atoms with Crippen LogP contribution in [0, 0.1) is 5.82 Å². The Kier molecular flexibility index (Phi) is 2.07. The molecule has 0 spiro atoms. The van der Waals surface area contributed by atoms with E-state index in [1.165, 1.54) is 12.1 Å². The van der Waals surface area contributed by atoms with E-state index >= 15 is 0 Å². The number of allylic oxidation sites excluding steroid dienone is 1. The molecular weight excluding hydrogens is 207 g/mol. The van der Waals surface area contributed by atoms with Gasteiger partial charge < -0.3 is 9.52 Å². The lowest BCUT2D eigenvalue weighted by Gasteiger charge is -1.93. The van der Waals surface area contributed by atoms with Gasteiger partial charge in [0.2, 0.25) is 0 Å². The maximum absolute atomic E-state index is 13.0. The van der Waals surface area contributed by atoms with Gasteiger partial charge in [0.25, 0.3) is 0 Å². The van der Waals surface area contributed by atoms with Crippen LogP contribution in [-0.4, -0.2) is 11.2 Å². The second kappa shape index (κ2) is 3.46. The van der Waals surface area contributed by atoms with Crippen LogP contribution < -0.4 is 0 Å². The summed E-state index contributed by atoms with van der Waals surface area (Å²) in [5.41, 5.74) is 1.68. The fraction of sp³-hybridized carbons (Fsp3) is 0.231. The largest absolute Gasteiger partial charge is 0.456 e. The van der Waals surface area contributed by atoms with Gasteiger partial charge in [-0.1, -0.05) is 0 Å². The number of furan rings is 1. The lowest BCUT2D eigenvalue weighted by molar-refractivity contribution is 0.223. The molecule has 0 aliphatic heterocycles. The van der Waals surface area contributed by atoms with Crippen LogP contribution in [0.3, 0.4) is 0 Å². The Morgan fingerprint density at radius 1 is 1.31 bits per heavy atom. The van der Waals surface area contributed by atoms with E-state index in [0.29, 0.717) is 5.58 Å². The quantitative estimate of drug-likeness (QED) is 0.797. The predicted molar refractivity (Wildman–Crippen MR) is 59.4 cm³/mol. The molecule has 1 aliphatic carbocycles. The lowest BCUT2D eigenvalue weighted by atomic mass is 10.1. The van der Waals surface area contributed by atoms with Gasteiger partial charge in [0.15, 0.2) is 0 Å². The first-order valence-corrected chi connectivity index (χ1v) is 5.30. The Morgan fingerprint density at radius 3 is 2.94 bits per heavy atom. The average molecular weight is 218 g/mol. The zero-order valence-electron chi connectivity index (χ0n) is 8.61. The normalized spacial score (nSPS) is 20.4. The molecule has 1 aromatic carbocycles. The van der Waals surface area contributed by atoms with E-state index in [-0.39, 0.29) is 11.9 Å². The molecule has 1 aliphatic rings. The summed E-state index contributed by atoms with van der Waals surface area (Å²) in [5, 5.41) is 10.2. The van der Waals surface area contributed by atoms with Gasteiger partial charge in [-0.2, -0.15) is 0 Å². The van der Waals surface area contributed by atoms with Crippen LogP contribution in [0.15, 0.2) is 34.8 Å². The van der Waals surface area contributed by atoms with Crippen LogP contribution in [0.4, 0.5) is 4.39 Å². The molecule has 1 unspecified atom stereocenters. The maximum Gasteiger partial charge on any atom is 0.135 e.